The molecule has 0 fully saturated rings. The van der Waals surface area contributed by atoms with Crippen LogP contribution in [0.25, 0.3) is 0 Å². The van der Waals surface area contributed by atoms with Gasteiger partial charge in [0.15, 0.2) is 0 Å². The lowest BCUT2D eigenvalue weighted by molar-refractivity contribution is -0.123. The van der Waals surface area contributed by atoms with Crippen molar-refractivity contribution in [1.82, 2.24) is 10.6 Å². The highest BCUT2D eigenvalue weighted by atomic mass is 16.2. The number of rotatable bonds is 13. The topological polar surface area (TPSA) is 58.2 Å². The van der Waals surface area contributed by atoms with Gasteiger partial charge in [-0.1, -0.05) is 24.3 Å². The summed E-state index contributed by atoms with van der Waals surface area (Å²) in [6, 6.07) is 0. The molecular weight excluding hydrogens is 276 g/mol. The van der Waals surface area contributed by atoms with E-state index in [1.807, 2.05) is 26.0 Å². The smallest absolute Gasteiger partial charge is 0.219 e. The van der Waals surface area contributed by atoms with Crippen molar-refractivity contribution in [2.45, 2.75) is 65.2 Å². The molecule has 0 rings (SSSR count). The molecule has 0 saturated heterocycles. The van der Waals surface area contributed by atoms with Crippen molar-refractivity contribution in [3.8, 4) is 0 Å². The molecule has 0 aromatic heterocycles. The second-order valence-electron chi connectivity index (χ2n) is 5.33. The van der Waals surface area contributed by atoms with E-state index in [1.54, 1.807) is 0 Å². The van der Waals surface area contributed by atoms with Gasteiger partial charge >= 0.3 is 0 Å². The van der Waals surface area contributed by atoms with E-state index in [9.17, 15) is 9.59 Å². The molecule has 0 saturated carbocycles. The summed E-state index contributed by atoms with van der Waals surface area (Å²) < 4.78 is 0. The van der Waals surface area contributed by atoms with E-state index in [2.05, 4.69) is 22.8 Å². The number of carbonyl (C=O) groups excluding carboxylic acids is 2. The Balaban J connectivity index is 3.39. The first-order valence-electron chi connectivity index (χ1n) is 8.46. The highest BCUT2D eigenvalue weighted by molar-refractivity contribution is 5.77. The van der Waals surface area contributed by atoms with E-state index in [1.165, 1.54) is 0 Å². The second-order valence-corrected chi connectivity index (χ2v) is 5.33. The average Bonchev–Trinajstić information content (AvgIpc) is 2.51. The summed E-state index contributed by atoms with van der Waals surface area (Å²) in [7, 11) is 0. The maximum absolute atomic E-state index is 11.6. The van der Waals surface area contributed by atoms with Crippen LogP contribution >= 0.6 is 0 Å². The Bertz CT molecular complexity index is 315. The zero-order chi connectivity index (χ0) is 16.5. The number of nitrogens with one attached hydrogen (secondary N) is 2. The first-order chi connectivity index (χ1) is 10.7. The molecule has 0 heterocycles. The van der Waals surface area contributed by atoms with Crippen LogP contribution in [-0.4, -0.2) is 24.9 Å². The Kier molecular flexibility index (Phi) is 14.7. The molecule has 22 heavy (non-hydrogen) atoms. The summed E-state index contributed by atoms with van der Waals surface area (Å²) in [4.78, 5) is 23.1. The van der Waals surface area contributed by atoms with E-state index in [0.29, 0.717) is 12.8 Å². The number of hydrogen-bond donors (Lipinski definition) is 2. The van der Waals surface area contributed by atoms with Crippen molar-refractivity contribution >= 4 is 11.8 Å². The highest BCUT2D eigenvalue weighted by Crippen LogP contribution is 2.00. The standard InChI is InChI=1S/C18H32N2O2/c1-3-5-7-11-15-19-17(21)13-9-10-14-18(22)20-16-12-8-6-4-2/h3-6H,7-16H2,1-2H3,(H,19,21)(H,20,22)/b5-3+,6-4+. The number of amides is 2. The monoisotopic (exact) mass is 308 g/mol. The summed E-state index contributed by atoms with van der Waals surface area (Å²) in [5, 5.41) is 5.81. The minimum atomic E-state index is 0.0900. The molecule has 2 amide bonds. The van der Waals surface area contributed by atoms with Crippen LogP contribution in [0.3, 0.4) is 0 Å². The number of hydrogen-bond acceptors (Lipinski definition) is 2. The van der Waals surface area contributed by atoms with E-state index in [-0.39, 0.29) is 11.8 Å². The Labute approximate surface area is 135 Å². The molecule has 0 bridgehead atoms. The summed E-state index contributed by atoms with van der Waals surface area (Å²) in [5.41, 5.74) is 0. The quantitative estimate of drug-likeness (QED) is 0.404. The third kappa shape index (κ3) is 14.8. The number of carbonyl (C=O) groups is 2. The van der Waals surface area contributed by atoms with Crippen LogP contribution in [0.4, 0.5) is 0 Å². The highest BCUT2D eigenvalue weighted by Gasteiger charge is 2.03. The van der Waals surface area contributed by atoms with Crippen molar-refractivity contribution < 1.29 is 9.59 Å². The lowest BCUT2D eigenvalue weighted by Gasteiger charge is -2.05. The summed E-state index contributed by atoms with van der Waals surface area (Å²) in [5.74, 6) is 0.180. The van der Waals surface area contributed by atoms with Gasteiger partial charge in [0.25, 0.3) is 0 Å². The van der Waals surface area contributed by atoms with Gasteiger partial charge in [-0.2, -0.15) is 0 Å². The fraction of sp³-hybridized carbons (Fsp3) is 0.667. The third-order valence-electron chi connectivity index (χ3n) is 3.27. The minimum absolute atomic E-state index is 0.0900. The number of allylic oxidation sites excluding steroid dienone is 4. The maximum atomic E-state index is 11.6. The van der Waals surface area contributed by atoms with Crippen LogP contribution in [0.2, 0.25) is 0 Å². The molecular formula is C18H32N2O2. The van der Waals surface area contributed by atoms with Gasteiger partial charge in [0.05, 0.1) is 0 Å². The van der Waals surface area contributed by atoms with Crippen molar-refractivity contribution in [2.24, 2.45) is 0 Å². The zero-order valence-corrected chi connectivity index (χ0v) is 14.2. The van der Waals surface area contributed by atoms with Crippen molar-refractivity contribution in [3.05, 3.63) is 24.3 Å². The SMILES string of the molecule is C/C=C/CCCNC(=O)CCCCC(=O)NCCC/C=C/C. The fourth-order valence-electron chi connectivity index (χ4n) is 1.98. The average molecular weight is 308 g/mol. The molecule has 4 nitrogen and oxygen atoms in total. The lowest BCUT2D eigenvalue weighted by Crippen LogP contribution is -2.25. The predicted octanol–water partition coefficient (Wildman–Crippen LogP) is 3.49. The van der Waals surface area contributed by atoms with Gasteiger partial charge in [0.1, 0.15) is 0 Å². The van der Waals surface area contributed by atoms with Gasteiger partial charge in [-0.3, -0.25) is 9.59 Å². The van der Waals surface area contributed by atoms with Gasteiger partial charge in [-0.05, 0) is 52.4 Å². The van der Waals surface area contributed by atoms with Crippen LogP contribution in [0.5, 0.6) is 0 Å². The second kappa shape index (κ2) is 15.8. The lowest BCUT2D eigenvalue weighted by atomic mass is 10.1. The van der Waals surface area contributed by atoms with Gasteiger partial charge in [0, 0.05) is 25.9 Å². The van der Waals surface area contributed by atoms with Gasteiger partial charge in [-0.25, -0.2) is 0 Å². The van der Waals surface area contributed by atoms with E-state index in [0.717, 1.165) is 51.6 Å². The summed E-state index contributed by atoms with van der Waals surface area (Å²) in [6.07, 6.45) is 14.8. The van der Waals surface area contributed by atoms with Gasteiger partial charge in [-0.15, -0.1) is 0 Å². The Morgan fingerprint density at radius 1 is 0.727 bits per heavy atom. The maximum Gasteiger partial charge on any atom is 0.219 e. The van der Waals surface area contributed by atoms with Gasteiger partial charge < -0.3 is 10.6 Å². The van der Waals surface area contributed by atoms with Crippen molar-refractivity contribution in [3.63, 3.8) is 0 Å². The van der Waals surface area contributed by atoms with Crippen LogP contribution < -0.4 is 10.6 Å². The number of unbranched alkanes of at least 4 members (excludes halogenated alkanes) is 3. The van der Waals surface area contributed by atoms with E-state index in [4.69, 9.17) is 0 Å². The van der Waals surface area contributed by atoms with Crippen LogP contribution in [0, 0.1) is 0 Å². The molecule has 4 heteroatoms. The fourth-order valence-corrected chi connectivity index (χ4v) is 1.98. The van der Waals surface area contributed by atoms with E-state index >= 15 is 0 Å². The van der Waals surface area contributed by atoms with Crippen LogP contribution in [0.1, 0.15) is 65.2 Å². The first kappa shape index (κ1) is 20.4. The summed E-state index contributed by atoms with van der Waals surface area (Å²) >= 11 is 0. The van der Waals surface area contributed by atoms with Gasteiger partial charge in [0.2, 0.25) is 11.8 Å². The molecule has 0 atom stereocenters. The minimum Gasteiger partial charge on any atom is -0.356 e. The van der Waals surface area contributed by atoms with E-state index < -0.39 is 0 Å². The van der Waals surface area contributed by atoms with Crippen molar-refractivity contribution in [1.29, 1.82) is 0 Å². The Morgan fingerprint density at radius 2 is 1.14 bits per heavy atom. The van der Waals surface area contributed by atoms with Crippen LogP contribution in [-0.2, 0) is 9.59 Å². The molecule has 0 aromatic carbocycles. The molecule has 0 aliphatic rings. The Morgan fingerprint density at radius 3 is 1.50 bits per heavy atom. The Hall–Kier alpha value is -1.58. The predicted molar refractivity (Wildman–Crippen MR) is 92.6 cm³/mol. The molecule has 0 radical (unpaired) electrons. The van der Waals surface area contributed by atoms with Crippen LogP contribution in [0.15, 0.2) is 24.3 Å². The molecule has 0 spiro atoms. The third-order valence-corrected chi connectivity index (χ3v) is 3.27. The molecule has 0 aliphatic carbocycles. The molecule has 126 valence electrons. The molecule has 0 aliphatic heterocycles. The zero-order valence-electron chi connectivity index (χ0n) is 14.2. The normalized spacial score (nSPS) is 11.2. The largest absolute Gasteiger partial charge is 0.356 e. The van der Waals surface area contributed by atoms with Crippen molar-refractivity contribution in [2.75, 3.05) is 13.1 Å². The molecule has 0 unspecified atom stereocenters. The first-order valence-corrected chi connectivity index (χ1v) is 8.46. The molecule has 2 N–H and O–H groups in total. The molecule has 0 aromatic rings. The summed E-state index contributed by atoms with van der Waals surface area (Å²) in [6.45, 7) is 5.46.